The molecule has 1 aromatic heterocycles. The highest BCUT2D eigenvalue weighted by molar-refractivity contribution is 9.10. The molecule has 6 nitrogen and oxygen atoms in total. The highest BCUT2D eigenvalue weighted by atomic mass is 79.9. The monoisotopic (exact) mass is 573 g/mol. The topological polar surface area (TPSA) is 76.4 Å². The van der Waals surface area contributed by atoms with Gasteiger partial charge in [0.25, 0.3) is 5.91 Å². The maximum Gasteiger partial charge on any atom is 0.261 e. The average Bonchev–Trinajstić information content (AvgIpc) is 3.16. The minimum Gasteiger partial charge on any atom is -0.496 e. The zero-order chi connectivity index (χ0) is 22.8. The van der Waals surface area contributed by atoms with Crippen molar-refractivity contribution in [2.45, 2.75) is 6.92 Å². The van der Waals surface area contributed by atoms with E-state index < -0.39 is 0 Å². The van der Waals surface area contributed by atoms with Gasteiger partial charge >= 0.3 is 0 Å². The van der Waals surface area contributed by atoms with Crippen LogP contribution in [0.25, 0.3) is 22.6 Å². The number of carbonyl (C=O) groups is 1. The Kier molecular flexibility index (Phi) is 6.59. The lowest BCUT2D eigenvalue weighted by molar-refractivity contribution is 0.0974. The molecule has 32 heavy (non-hydrogen) atoms. The Bertz CT molecular complexity index is 1350. The van der Waals surface area contributed by atoms with Crippen molar-refractivity contribution in [3.8, 4) is 17.2 Å². The number of fused-ring (bicyclic) bond motifs is 1. The lowest BCUT2D eigenvalue weighted by atomic mass is 10.1. The highest BCUT2D eigenvalue weighted by Crippen LogP contribution is 2.29. The molecule has 0 atom stereocenters. The molecule has 0 spiro atoms. The molecule has 0 aliphatic carbocycles. The molecule has 4 aromatic rings. The molecule has 0 saturated heterocycles. The summed E-state index contributed by atoms with van der Waals surface area (Å²) in [7, 11) is 1.53. The minimum atomic E-state index is -0.372. The number of aryl methyl sites for hydroxylation is 1. The summed E-state index contributed by atoms with van der Waals surface area (Å²) in [4.78, 5) is 17.3. The second-order valence-electron chi connectivity index (χ2n) is 6.92. The fourth-order valence-electron chi connectivity index (χ4n) is 3.25. The van der Waals surface area contributed by atoms with E-state index in [1.807, 2.05) is 43.3 Å². The van der Waals surface area contributed by atoms with E-state index in [0.29, 0.717) is 34.0 Å². The van der Waals surface area contributed by atoms with Crippen molar-refractivity contribution >= 4 is 71.9 Å². The van der Waals surface area contributed by atoms with Crippen molar-refractivity contribution in [1.82, 2.24) is 10.3 Å². The molecule has 2 N–H and O–H groups in total. The Balaban J connectivity index is 1.51. The summed E-state index contributed by atoms with van der Waals surface area (Å²) in [5.74, 6) is 0.646. The molecule has 0 aliphatic heterocycles. The number of hydrogen-bond donors (Lipinski definition) is 2. The minimum absolute atomic E-state index is 0.157. The molecular weight excluding hydrogens is 558 g/mol. The number of amides is 1. The van der Waals surface area contributed by atoms with Gasteiger partial charge in [-0.15, -0.1) is 0 Å². The van der Waals surface area contributed by atoms with Crippen LogP contribution in [0.4, 0.5) is 5.69 Å². The molecular formula is C23H17Br2N3O3S. The van der Waals surface area contributed by atoms with Crippen LogP contribution in [0.2, 0.25) is 0 Å². The number of nitrogens with one attached hydrogen (secondary N) is 2. The van der Waals surface area contributed by atoms with Crippen LogP contribution in [0, 0.1) is 6.92 Å². The van der Waals surface area contributed by atoms with Crippen molar-refractivity contribution in [3.63, 3.8) is 0 Å². The molecule has 0 bridgehead atoms. The zero-order valence-corrected chi connectivity index (χ0v) is 21.0. The van der Waals surface area contributed by atoms with E-state index in [1.54, 1.807) is 18.2 Å². The van der Waals surface area contributed by atoms with Crippen LogP contribution in [-0.2, 0) is 0 Å². The summed E-state index contributed by atoms with van der Waals surface area (Å²) < 4.78 is 13.0. The first-order valence-corrected chi connectivity index (χ1v) is 11.5. The Morgan fingerprint density at radius 3 is 2.66 bits per heavy atom. The second kappa shape index (κ2) is 9.40. The summed E-state index contributed by atoms with van der Waals surface area (Å²) in [5, 5.41) is 5.87. The number of nitrogens with zero attached hydrogens (tertiary/aromatic N) is 1. The number of benzene rings is 3. The van der Waals surface area contributed by atoms with Crippen molar-refractivity contribution in [2.75, 3.05) is 12.4 Å². The first-order valence-electron chi connectivity index (χ1n) is 9.47. The van der Waals surface area contributed by atoms with E-state index >= 15 is 0 Å². The summed E-state index contributed by atoms with van der Waals surface area (Å²) >= 11 is 12.2. The van der Waals surface area contributed by atoms with Gasteiger partial charge in [0.2, 0.25) is 5.89 Å². The third-order valence-electron chi connectivity index (χ3n) is 4.63. The third-order valence-corrected chi connectivity index (χ3v) is 5.79. The van der Waals surface area contributed by atoms with Gasteiger partial charge in [-0.2, -0.15) is 0 Å². The standard InChI is InChI=1S/C23H17Br2N3O3S/c1-12-8-15(25)10-17(20(12)30-2)21(29)28-23(32)26-16-6-7-19-18(11-16)27-22(31-19)13-4-3-5-14(24)9-13/h3-11H,1-2H3,(H2,26,28,29,32). The number of oxazole rings is 1. The molecule has 3 aromatic carbocycles. The Hall–Kier alpha value is -2.75. The lowest BCUT2D eigenvalue weighted by Crippen LogP contribution is -2.34. The molecule has 1 amide bonds. The van der Waals surface area contributed by atoms with Crippen LogP contribution in [0.15, 0.2) is 68.0 Å². The largest absolute Gasteiger partial charge is 0.496 e. The van der Waals surface area contributed by atoms with Gasteiger partial charge in [-0.1, -0.05) is 37.9 Å². The molecule has 4 rings (SSSR count). The van der Waals surface area contributed by atoms with E-state index in [1.165, 1.54) is 7.11 Å². The molecule has 0 unspecified atom stereocenters. The maximum atomic E-state index is 12.8. The number of rotatable bonds is 4. The van der Waals surface area contributed by atoms with Gasteiger partial charge in [0, 0.05) is 20.2 Å². The molecule has 0 saturated carbocycles. The van der Waals surface area contributed by atoms with E-state index in [-0.39, 0.29) is 11.0 Å². The van der Waals surface area contributed by atoms with Gasteiger partial charge in [0.05, 0.1) is 12.7 Å². The van der Waals surface area contributed by atoms with E-state index in [2.05, 4.69) is 47.5 Å². The fourth-order valence-corrected chi connectivity index (χ4v) is 4.43. The molecule has 0 aliphatic rings. The zero-order valence-electron chi connectivity index (χ0n) is 17.0. The van der Waals surface area contributed by atoms with Crippen molar-refractivity contribution in [1.29, 1.82) is 0 Å². The number of anilines is 1. The van der Waals surface area contributed by atoms with Crippen LogP contribution in [0.3, 0.4) is 0 Å². The summed E-state index contributed by atoms with van der Waals surface area (Å²) in [6.07, 6.45) is 0. The maximum absolute atomic E-state index is 12.8. The quantitative estimate of drug-likeness (QED) is 0.272. The number of hydrogen-bond acceptors (Lipinski definition) is 5. The van der Waals surface area contributed by atoms with E-state index in [0.717, 1.165) is 20.1 Å². The Labute approximate surface area is 206 Å². The van der Waals surface area contributed by atoms with Crippen LogP contribution in [0.5, 0.6) is 5.75 Å². The van der Waals surface area contributed by atoms with E-state index in [9.17, 15) is 4.79 Å². The van der Waals surface area contributed by atoms with Crippen molar-refractivity contribution in [3.05, 3.63) is 74.7 Å². The first kappa shape index (κ1) is 22.4. The fraction of sp³-hybridized carbons (Fsp3) is 0.0870. The van der Waals surface area contributed by atoms with Crippen molar-refractivity contribution in [2.24, 2.45) is 0 Å². The second-order valence-corrected chi connectivity index (χ2v) is 9.16. The predicted octanol–water partition coefficient (Wildman–Crippen LogP) is 6.46. The van der Waals surface area contributed by atoms with Crippen LogP contribution >= 0.6 is 44.1 Å². The predicted molar refractivity (Wildman–Crippen MR) is 136 cm³/mol. The van der Waals surface area contributed by atoms with Gasteiger partial charge in [-0.05, 0) is 73.2 Å². The molecule has 1 heterocycles. The van der Waals surface area contributed by atoms with Crippen LogP contribution in [-0.4, -0.2) is 23.1 Å². The van der Waals surface area contributed by atoms with Crippen LogP contribution < -0.4 is 15.4 Å². The molecule has 0 fully saturated rings. The van der Waals surface area contributed by atoms with Gasteiger partial charge in [-0.25, -0.2) is 4.98 Å². The van der Waals surface area contributed by atoms with Crippen molar-refractivity contribution < 1.29 is 13.9 Å². The number of carbonyl (C=O) groups excluding carboxylic acids is 1. The molecule has 9 heteroatoms. The first-order chi connectivity index (χ1) is 15.3. The Morgan fingerprint density at radius 2 is 1.91 bits per heavy atom. The highest BCUT2D eigenvalue weighted by Gasteiger charge is 2.17. The number of aromatic nitrogens is 1. The normalized spacial score (nSPS) is 10.8. The lowest BCUT2D eigenvalue weighted by Gasteiger charge is -2.13. The number of halogens is 2. The van der Waals surface area contributed by atoms with E-state index in [4.69, 9.17) is 21.4 Å². The summed E-state index contributed by atoms with van der Waals surface area (Å²) in [6.45, 7) is 1.87. The third kappa shape index (κ3) is 4.85. The van der Waals surface area contributed by atoms with Gasteiger partial charge < -0.3 is 14.5 Å². The van der Waals surface area contributed by atoms with Crippen LogP contribution in [0.1, 0.15) is 15.9 Å². The number of methoxy groups -OCH3 is 1. The summed E-state index contributed by atoms with van der Waals surface area (Å²) in [5.41, 5.74) is 4.08. The smallest absolute Gasteiger partial charge is 0.261 e. The number of thiocarbonyl (C=S) groups is 1. The molecule has 162 valence electrons. The van der Waals surface area contributed by atoms with Gasteiger partial charge in [0.1, 0.15) is 11.3 Å². The van der Waals surface area contributed by atoms with Gasteiger partial charge in [-0.3, -0.25) is 10.1 Å². The SMILES string of the molecule is COc1c(C)cc(Br)cc1C(=O)NC(=S)Nc1ccc2oc(-c3cccc(Br)c3)nc2c1. The Morgan fingerprint density at radius 1 is 1.09 bits per heavy atom. The molecule has 0 radical (unpaired) electrons. The average molecular weight is 575 g/mol. The van der Waals surface area contributed by atoms with Gasteiger partial charge in [0.15, 0.2) is 10.7 Å². The number of ether oxygens (including phenoxy) is 1. The summed E-state index contributed by atoms with van der Waals surface area (Å²) in [6, 6.07) is 16.7.